The zero-order valence-corrected chi connectivity index (χ0v) is 11.9. The topological polar surface area (TPSA) is 107 Å². The number of rotatable bonds is 7. The van der Waals surface area contributed by atoms with Gasteiger partial charge in [-0.2, -0.15) is 17.4 Å². The fourth-order valence-corrected chi connectivity index (χ4v) is 3.60. The number of aliphatic carboxylic acids is 1. The predicted molar refractivity (Wildman–Crippen MR) is 69.8 cm³/mol. The molecule has 1 atom stereocenters. The lowest BCUT2D eigenvalue weighted by molar-refractivity contribution is -0.142. The van der Waals surface area contributed by atoms with E-state index in [4.69, 9.17) is 10.2 Å². The number of carboxylic acid groups (broad SMARTS) is 1. The van der Waals surface area contributed by atoms with E-state index in [-0.39, 0.29) is 25.7 Å². The van der Waals surface area contributed by atoms with Crippen molar-refractivity contribution >= 4 is 16.2 Å². The molecule has 19 heavy (non-hydrogen) atoms. The van der Waals surface area contributed by atoms with Crippen molar-refractivity contribution < 1.29 is 23.4 Å². The average molecular weight is 294 g/mol. The van der Waals surface area contributed by atoms with Crippen molar-refractivity contribution in [1.82, 2.24) is 9.03 Å². The Morgan fingerprint density at radius 3 is 2.47 bits per heavy atom. The number of carbonyl (C=O) groups is 1. The number of aliphatic hydroxyl groups is 1. The second-order valence-electron chi connectivity index (χ2n) is 4.90. The Kier molecular flexibility index (Phi) is 6.18. The highest BCUT2D eigenvalue weighted by Gasteiger charge is 2.31. The van der Waals surface area contributed by atoms with Crippen LogP contribution in [0.2, 0.25) is 0 Å². The summed E-state index contributed by atoms with van der Waals surface area (Å²) in [5.41, 5.74) is 0. The van der Waals surface area contributed by atoms with Crippen LogP contribution in [0.1, 0.15) is 32.6 Å². The molecular weight excluding hydrogens is 272 g/mol. The van der Waals surface area contributed by atoms with Crippen LogP contribution in [0.5, 0.6) is 0 Å². The van der Waals surface area contributed by atoms with Crippen LogP contribution < -0.4 is 4.72 Å². The summed E-state index contributed by atoms with van der Waals surface area (Å²) >= 11 is 0. The first kappa shape index (κ1) is 16.4. The SMILES string of the molecule is CC(CCCO)NS(=O)(=O)N1CCC(C(=O)O)CC1. The van der Waals surface area contributed by atoms with E-state index < -0.39 is 22.1 Å². The molecule has 0 aliphatic carbocycles. The lowest BCUT2D eigenvalue weighted by Gasteiger charge is -2.30. The van der Waals surface area contributed by atoms with E-state index in [2.05, 4.69) is 4.72 Å². The molecule has 0 aromatic heterocycles. The Labute approximate surface area is 113 Å². The number of hydrogen-bond donors (Lipinski definition) is 3. The van der Waals surface area contributed by atoms with Gasteiger partial charge in [0.25, 0.3) is 10.2 Å². The molecule has 1 fully saturated rings. The molecule has 1 aliphatic heterocycles. The van der Waals surface area contributed by atoms with Gasteiger partial charge in [0.2, 0.25) is 0 Å². The molecule has 0 saturated carbocycles. The summed E-state index contributed by atoms with van der Waals surface area (Å²) in [5.74, 6) is -1.31. The van der Waals surface area contributed by atoms with Crippen LogP contribution in [-0.2, 0) is 15.0 Å². The monoisotopic (exact) mass is 294 g/mol. The van der Waals surface area contributed by atoms with Crippen molar-refractivity contribution in [3.8, 4) is 0 Å². The van der Waals surface area contributed by atoms with Gasteiger partial charge in [-0.05, 0) is 32.6 Å². The quantitative estimate of drug-likeness (QED) is 0.601. The molecule has 0 aromatic rings. The molecule has 1 unspecified atom stereocenters. The van der Waals surface area contributed by atoms with Crippen LogP contribution in [0.25, 0.3) is 0 Å². The first-order valence-electron chi connectivity index (χ1n) is 6.48. The fraction of sp³-hybridized carbons (Fsp3) is 0.909. The minimum Gasteiger partial charge on any atom is -0.481 e. The molecule has 3 N–H and O–H groups in total. The minimum atomic E-state index is -3.55. The second kappa shape index (κ2) is 7.18. The Bertz CT molecular complexity index is 390. The van der Waals surface area contributed by atoms with Gasteiger partial charge in [0, 0.05) is 25.7 Å². The summed E-state index contributed by atoms with van der Waals surface area (Å²) in [7, 11) is -3.55. The van der Waals surface area contributed by atoms with E-state index in [1.165, 1.54) is 4.31 Å². The molecule has 0 radical (unpaired) electrons. The standard InChI is InChI=1S/C11H22N2O5S/c1-9(3-2-8-14)12-19(17,18)13-6-4-10(5-7-13)11(15)16/h9-10,12,14H,2-8H2,1H3,(H,15,16). The largest absolute Gasteiger partial charge is 0.481 e. The molecule has 112 valence electrons. The van der Waals surface area contributed by atoms with Crippen LogP contribution >= 0.6 is 0 Å². The highest BCUT2D eigenvalue weighted by Crippen LogP contribution is 2.19. The van der Waals surface area contributed by atoms with Crippen molar-refractivity contribution in [2.24, 2.45) is 5.92 Å². The van der Waals surface area contributed by atoms with E-state index in [9.17, 15) is 13.2 Å². The van der Waals surface area contributed by atoms with E-state index >= 15 is 0 Å². The predicted octanol–water partition coefficient (Wildman–Crippen LogP) is -0.222. The molecule has 7 nitrogen and oxygen atoms in total. The summed E-state index contributed by atoms with van der Waals surface area (Å²) in [4.78, 5) is 10.8. The van der Waals surface area contributed by atoms with Crippen molar-refractivity contribution in [1.29, 1.82) is 0 Å². The number of hydrogen-bond acceptors (Lipinski definition) is 4. The third-order valence-corrected chi connectivity index (χ3v) is 5.03. The molecule has 1 heterocycles. The van der Waals surface area contributed by atoms with Gasteiger partial charge in [-0.3, -0.25) is 4.79 Å². The molecule has 0 aromatic carbocycles. The van der Waals surface area contributed by atoms with Crippen LogP contribution in [0.15, 0.2) is 0 Å². The third kappa shape index (κ3) is 5.06. The number of aliphatic hydroxyl groups excluding tert-OH is 1. The van der Waals surface area contributed by atoms with Gasteiger partial charge >= 0.3 is 5.97 Å². The Morgan fingerprint density at radius 2 is 2.00 bits per heavy atom. The van der Waals surface area contributed by atoms with Crippen LogP contribution in [-0.4, -0.2) is 54.6 Å². The van der Waals surface area contributed by atoms with E-state index in [1.54, 1.807) is 6.92 Å². The number of carboxylic acids is 1. The summed E-state index contributed by atoms with van der Waals surface area (Å²) in [6.45, 7) is 2.26. The maximum atomic E-state index is 12.0. The first-order valence-corrected chi connectivity index (χ1v) is 7.92. The van der Waals surface area contributed by atoms with Crippen LogP contribution in [0.3, 0.4) is 0 Å². The Balaban J connectivity index is 2.48. The highest BCUT2D eigenvalue weighted by molar-refractivity contribution is 7.87. The van der Waals surface area contributed by atoms with Gasteiger partial charge in [0.1, 0.15) is 0 Å². The molecule has 0 bridgehead atoms. The first-order chi connectivity index (χ1) is 8.86. The average Bonchev–Trinajstić information content (AvgIpc) is 2.36. The number of nitrogens with zero attached hydrogens (tertiary/aromatic N) is 1. The normalized spacial score (nSPS) is 20.3. The van der Waals surface area contributed by atoms with Crippen LogP contribution in [0, 0.1) is 5.92 Å². The van der Waals surface area contributed by atoms with Gasteiger partial charge in [-0.15, -0.1) is 0 Å². The van der Waals surface area contributed by atoms with E-state index in [0.717, 1.165) is 0 Å². The summed E-state index contributed by atoms with van der Waals surface area (Å²) in [6.07, 6.45) is 1.81. The smallest absolute Gasteiger partial charge is 0.306 e. The van der Waals surface area contributed by atoms with Crippen molar-refractivity contribution in [3.63, 3.8) is 0 Å². The van der Waals surface area contributed by atoms with Gasteiger partial charge < -0.3 is 10.2 Å². The van der Waals surface area contributed by atoms with Gasteiger partial charge in [0.05, 0.1) is 5.92 Å². The lowest BCUT2D eigenvalue weighted by atomic mass is 9.99. The van der Waals surface area contributed by atoms with Crippen molar-refractivity contribution in [3.05, 3.63) is 0 Å². The molecule has 0 spiro atoms. The zero-order chi connectivity index (χ0) is 14.5. The Morgan fingerprint density at radius 1 is 1.42 bits per heavy atom. The van der Waals surface area contributed by atoms with Gasteiger partial charge in [0.15, 0.2) is 0 Å². The van der Waals surface area contributed by atoms with Gasteiger partial charge in [-0.25, -0.2) is 0 Å². The van der Waals surface area contributed by atoms with Crippen molar-refractivity contribution in [2.75, 3.05) is 19.7 Å². The van der Waals surface area contributed by atoms with E-state index in [1.807, 2.05) is 0 Å². The molecule has 8 heteroatoms. The van der Waals surface area contributed by atoms with Gasteiger partial charge in [-0.1, -0.05) is 0 Å². The third-order valence-electron chi connectivity index (χ3n) is 3.29. The zero-order valence-electron chi connectivity index (χ0n) is 11.1. The minimum absolute atomic E-state index is 0.0378. The molecule has 0 amide bonds. The van der Waals surface area contributed by atoms with Crippen LogP contribution in [0.4, 0.5) is 0 Å². The maximum absolute atomic E-state index is 12.0. The number of nitrogens with one attached hydrogen (secondary N) is 1. The molecule has 1 aliphatic rings. The Hall–Kier alpha value is -0.700. The molecule has 1 saturated heterocycles. The number of piperidine rings is 1. The van der Waals surface area contributed by atoms with Crippen molar-refractivity contribution in [2.45, 2.75) is 38.6 Å². The summed E-state index contributed by atoms with van der Waals surface area (Å²) in [5, 5.41) is 17.6. The molecule has 1 rings (SSSR count). The van der Waals surface area contributed by atoms with E-state index in [0.29, 0.717) is 25.7 Å². The summed E-state index contributed by atoms with van der Waals surface area (Å²) in [6, 6.07) is -0.241. The lowest BCUT2D eigenvalue weighted by Crippen LogP contribution is -2.48. The maximum Gasteiger partial charge on any atom is 0.306 e. The second-order valence-corrected chi connectivity index (χ2v) is 6.60. The molecular formula is C11H22N2O5S. The fourth-order valence-electron chi connectivity index (χ4n) is 2.13. The summed E-state index contributed by atoms with van der Waals surface area (Å²) < 4.78 is 27.9. The highest BCUT2D eigenvalue weighted by atomic mass is 32.2.